The van der Waals surface area contributed by atoms with Gasteiger partial charge in [-0.25, -0.2) is 0 Å². The lowest BCUT2D eigenvalue weighted by molar-refractivity contribution is -0.00200. The molecule has 0 amide bonds. The van der Waals surface area contributed by atoms with Crippen LogP contribution in [0.15, 0.2) is 24.3 Å². The summed E-state index contributed by atoms with van der Waals surface area (Å²) in [5, 5.41) is 0. The normalized spacial score (nSPS) is 19.8. The SMILES string of the molecule is CC1COCCN1CCCOc1ccc(C(N)=S)cc1. The molecule has 20 heavy (non-hydrogen) atoms. The lowest BCUT2D eigenvalue weighted by atomic mass is 10.2. The molecule has 1 atom stereocenters. The summed E-state index contributed by atoms with van der Waals surface area (Å²) < 4.78 is 11.1. The number of nitrogens with zero attached hydrogens (tertiary/aromatic N) is 1. The van der Waals surface area contributed by atoms with E-state index in [1.54, 1.807) is 0 Å². The Balaban J connectivity index is 1.69. The van der Waals surface area contributed by atoms with E-state index in [4.69, 9.17) is 27.4 Å². The lowest BCUT2D eigenvalue weighted by Gasteiger charge is -2.33. The minimum absolute atomic E-state index is 0.415. The average molecular weight is 294 g/mol. The Bertz CT molecular complexity index is 436. The molecule has 1 aliphatic heterocycles. The molecule has 0 radical (unpaired) electrons. The minimum Gasteiger partial charge on any atom is -0.494 e. The highest BCUT2D eigenvalue weighted by atomic mass is 32.1. The van der Waals surface area contributed by atoms with Crippen molar-refractivity contribution in [3.05, 3.63) is 29.8 Å². The van der Waals surface area contributed by atoms with Crippen molar-refractivity contribution in [3.8, 4) is 5.75 Å². The number of nitrogens with two attached hydrogens (primary N) is 1. The van der Waals surface area contributed by atoms with Gasteiger partial charge in [0.15, 0.2) is 0 Å². The molecule has 2 N–H and O–H groups in total. The summed E-state index contributed by atoms with van der Waals surface area (Å²) in [6, 6.07) is 8.11. The predicted molar refractivity (Wildman–Crippen MR) is 84.3 cm³/mol. The molecular weight excluding hydrogens is 272 g/mol. The topological polar surface area (TPSA) is 47.7 Å². The first-order valence-corrected chi connectivity index (χ1v) is 7.42. The summed E-state index contributed by atoms with van der Waals surface area (Å²) in [4.78, 5) is 2.86. The number of hydrogen-bond acceptors (Lipinski definition) is 4. The largest absolute Gasteiger partial charge is 0.494 e. The van der Waals surface area contributed by atoms with Crippen molar-refractivity contribution >= 4 is 17.2 Å². The van der Waals surface area contributed by atoms with Gasteiger partial charge in [-0.2, -0.15) is 0 Å². The molecule has 1 saturated heterocycles. The van der Waals surface area contributed by atoms with Gasteiger partial charge in [-0.05, 0) is 37.6 Å². The van der Waals surface area contributed by atoms with Crippen molar-refractivity contribution in [1.29, 1.82) is 0 Å². The number of morpholine rings is 1. The van der Waals surface area contributed by atoms with Crippen molar-refractivity contribution < 1.29 is 9.47 Å². The van der Waals surface area contributed by atoms with Gasteiger partial charge >= 0.3 is 0 Å². The molecule has 0 aromatic heterocycles. The number of ether oxygens (including phenoxy) is 2. The van der Waals surface area contributed by atoms with Crippen LogP contribution in [0.4, 0.5) is 0 Å². The van der Waals surface area contributed by atoms with E-state index in [1.165, 1.54) is 0 Å². The quantitative estimate of drug-likeness (QED) is 0.640. The van der Waals surface area contributed by atoms with Crippen LogP contribution < -0.4 is 10.5 Å². The second-order valence-electron chi connectivity index (χ2n) is 5.05. The first kappa shape index (κ1) is 15.2. The summed E-state index contributed by atoms with van der Waals surface area (Å²) in [6.45, 7) is 6.66. The third-order valence-electron chi connectivity index (χ3n) is 3.50. The zero-order chi connectivity index (χ0) is 14.4. The summed E-state index contributed by atoms with van der Waals surface area (Å²) in [6.07, 6.45) is 1.02. The average Bonchev–Trinajstić information content (AvgIpc) is 2.46. The molecule has 1 unspecified atom stereocenters. The van der Waals surface area contributed by atoms with Crippen LogP contribution in [-0.2, 0) is 4.74 Å². The Morgan fingerprint density at radius 3 is 2.85 bits per heavy atom. The van der Waals surface area contributed by atoms with Gasteiger partial charge in [0.25, 0.3) is 0 Å². The Kier molecular flexibility index (Phi) is 5.76. The molecule has 0 aliphatic carbocycles. The van der Waals surface area contributed by atoms with Crippen LogP contribution in [0.3, 0.4) is 0 Å². The van der Waals surface area contributed by atoms with E-state index in [-0.39, 0.29) is 0 Å². The fourth-order valence-corrected chi connectivity index (χ4v) is 2.40. The van der Waals surface area contributed by atoms with E-state index in [1.807, 2.05) is 24.3 Å². The van der Waals surface area contributed by atoms with Crippen molar-refractivity contribution in [2.24, 2.45) is 5.73 Å². The second-order valence-corrected chi connectivity index (χ2v) is 5.49. The molecule has 1 aromatic rings. The van der Waals surface area contributed by atoms with E-state index in [2.05, 4.69) is 11.8 Å². The molecule has 1 aromatic carbocycles. The maximum absolute atomic E-state index is 5.73. The van der Waals surface area contributed by atoms with E-state index in [9.17, 15) is 0 Å². The first-order chi connectivity index (χ1) is 9.66. The van der Waals surface area contributed by atoms with Gasteiger partial charge in [0.1, 0.15) is 10.7 Å². The molecule has 0 saturated carbocycles. The van der Waals surface area contributed by atoms with E-state index in [0.717, 1.165) is 50.6 Å². The lowest BCUT2D eigenvalue weighted by Crippen LogP contribution is -2.44. The number of thiocarbonyl (C=S) groups is 1. The van der Waals surface area contributed by atoms with Crippen molar-refractivity contribution in [2.45, 2.75) is 19.4 Å². The Hall–Kier alpha value is -1.17. The van der Waals surface area contributed by atoms with Gasteiger partial charge in [-0.3, -0.25) is 4.90 Å². The fourth-order valence-electron chi connectivity index (χ4n) is 2.27. The monoisotopic (exact) mass is 294 g/mol. The maximum Gasteiger partial charge on any atom is 0.119 e. The van der Waals surface area contributed by atoms with Crippen LogP contribution in [0, 0.1) is 0 Å². The number of hydrogen-bond donors (Lipinski definition) is 1. The molecule has 2 rings (SSSR count). The highest BCUT2D eigenvalue weighted by molar-refractivity contribution is 7.80. The van der Waals surface area contributed by atoms with E-state index in [0.29, 0.717) is 11.0 Å². The number of benzene rings is 1. The smallest absolute Gasteiger partial charge is 0.119 e. The zero-order valence-electron chi connectivity index (χ0n) is 11.9. The van der Waals surface area contributed by atoms with Crippen molar-refractivity contribution in [1.82, 2.24) is 4.90 Å². The Morgan fingerprint density at radius 2 is 2.20 bits per heavy atom. The Morgan fingerprint density at radius 1 is 1.45 bits per heavy atom. The first-order valence-electron chi connectivity index (χ1n) is 7.01. The molecule has 5 heteroatoms. The van der Waals surface area contributed by atoms with Crippen LogP contribution in [0.25, 0.3) is 0 Å². The summed E-state index contributed by atoms with van der Waals surface area (Å²) in [5.74, 6) is 0.861. The maximum atomic E-state index is 5.73. The molecular formula is C15H22N2O2S. The van der Waals surface area contributed by atoms with Gasteiger partial charge in [0.05, 0.1) is 19.8 Å². The third kappa shape index (κ3) is 4.44. The fraction of sp³-hybridized carbons (Fsp3) is 0.533. The van der Waals surface area contributed by atoms with Gasteiger partial charge in [0.2, 0.25) is 0 Å². The standard InChI is InChI=1S/C15H22N2O2S/c1-12-11-18-10-8-17(12)7-2-9-19-14-5-3-13(4-6-14)15(16)20/h3-6,12H,2,7-11H2,1H3,(H2,16,20). The highest BCUT2D eigenvalue weighted by Gasteiger charge is 2.17. The number of rotatable bonds is 6. The van der Waals surface area contributed by atoms with Crippen molar-refractivity contribution in [3.63, 3.8) is 0 Å². The van der Waals surface area contributed by atoms with Gasteiger partial charge in [-0.15, -0.1) is 0 Å². The van der Waals surface area contributed by atoms with Crippen LogP contribution in [0.5, 0.6) is 5.75 Å². The molecule has 4 nitrogen and oxygen atoms in total. The molecule has 0 spiro atoms. The summed E-state index contributed by atoms with van der Waals surface area (Å²) in [7, 11) is 0. The van der Waals surface area contributed by atoms with Crippen LogP contribution in [0.1, 0.15) is 18.9 Å². The Labute approximate surface area is 125 Å². The van der Waals surface area contributed by atoms with Crippen LogP contribution in [0.2, 0.25) is 0 Å². The van der Waals surface area contributed by atoms with E-state index < -0.39 is 0 Å². The molecule has 0 bridgehead atoms. The van der Waals surface area contributed by atoms with E-state index >= 15 is 0 Å². The van der Waals surface area contributed by atoms with Gasteiger partial charge < -0.3 is 15.2 Å². The van der Waals surface area contributed by atoms with Gasteiger partial charge in [-0.1, -0.05) is 12.2 Å². The molecule has 1 aliphatic rings. The highest BCUT2D eigenvalue weighted by Crippen LogP contribution is 2.13. The van der Waals surface area contributed by atoms with Crippen LogP contribution >= 0.6 is 12.2 Å². The van der Waals surface area contributed by atoms with Crippen LogP contribution in [-0.4, -0.2) is 48.8 Å². The summed E-state index contributed by atoms with van der Waals surface area (Å²) >= 11 is 4.92. The molecule has 110 valence electrons. The second kappa shape index (κ2) is 7.57. The predicted octanol–water partition coefficient (Wildman–Crippen LogP) is 1.81. The minimum atomic E-state index is 0.415. The zero-order valence-corrected chi connectivity index (χ0v) is 12.7. The van der Waals surface area contributed by atoms with Gasteiger partial charge in [0, 0.05) is 24.7 Å². The third-order valence-corrected chi connectivity index (χ3v) is 3.74. The molecule has 1 heterocycles. The summed E-state index contributed by atoms with van der Waals surface area (Å²) in [5.41, 5.74) is 6.43. The van der Waals surface area contributed by atoms with Crippen molar-refractivity contribution in [2.75, 3.05) is 32.9 Å². The molecule has 1 fully saturated rings.